The average Bonchev–Trinajstić information content (AvgIpc) is 2.23. The van der Waals surface area contributed by atoms with Crippen LogP contribution in [0.1, 0.15) is 20.3 Å². The summed E-state index contributed by atoms with van der Waals surface area (Å²) in [5.41, 5.74) is 2.60. The summed E-state index contributed by atoms with van der Waals surface area (Å²) in [7, 11) is 3.41. The van der Waals surface area contributed by atoms with Gasteiger partial charge in [0.15, 0.2) is 0 Å². The third-order valence-electron chi connectivity index (χ3n) is 2.27. The molecule has 0 amide bonds. The smallest absolute Gasteiger partial charge is 0.208 e. The van der Waals surface area contributed by atoms with E-state index in [1.807, 2.05) is 0 Å². The first kappa shape index (κ1) is 13.2. The predicted molar refractivity (Wildman–Crippen MR) is 59.0 cm³/mol. The van der Waals surface area contributed by atoms with E-state index in [-0.39, 0.29) is 0 Å². The van der Waals surface area contributed by atoms with E-state index in [9.17, 15) is 0 Å². The van der Waals surface area contributed by atoms with Gasteiger partial charge in [0.2, 0.25) is 5.96 Å². The molecule has 0 radical (unpaired) electrons. The minimum atomic E-state index is 0.403. The Morgan fingerprint density at radius 1 is 1.64 bits per heavy atom. The van der Waals surface area contributed by atoms with Crippen molar-refractivity contribution >= 4 is 5.96 Å². The molecule has 0 aliphatic heterocycles. The van der Waals surface area contributed by atoms with Gasteiger partial charge >= 0.3 is 0 Å². The number of aliphatic imine (C=N–C) groups is 1. The molecule has 0 heterocycles. The van der Waals surface area contributed by atoms with Crippen LogP contribution in [0.5, 0.6) is 0 Å². The van der Waals surface area contributed by atoms with Crippen LogP contribution < -0.4 is 11.3 Å². The number of nitrogens with one attached hydrogen (secondary N) is 1. The Bertz CT molecular complexity index is 172. The fraction of sp³-hybridized carbons (Fsp3) is 0.889. The first-order valence-electron chi connectivity index (χ1n) is 4.90. The van der Waals surface area contributed by atoms with E-state index < -0.39 is 0 Å². The SMILES string of the molecule is CCC(C)N(CCOC)C(=NC)NN. The van der Waals surface area contributed by atoms with Crippen LogP contribution in [0.25, 0.3) is 0 Å². The Hall–Kier alpha value is -0.810. The van der Waals surface area contributed by atoms with Crippen molar-refractivity contribution in [3.05, 3.63) is 0 Å². The van der Waals surface area contributed by atoms with Crippen LogP contribution in [0.15, 0.2) is 4.99 Å². The summed E-state index contributed by atoms with van der Waals surface area (Å²) in [6.07, 6.45) is 1.05. The largest absolute Gasteiger partial charge is 0.383 e. The number of hydrazine groups is 1. The van der Waals surface area contributed by atoms with Crippen LogP contribution in [0.3, 0.4) is 0 Å². The number of nitrogens with two attached hydrogens (primary N) is 1. The molecule has 0 saturated carbocycles. The van der Waals surface area contributed by atoms with E-state index >= 15 is 0 Å². The molecule has 1 atom stereocenters. The highest BCUT2D eigenvalue weighted by Crippen LogP contribution is 2.03. The van der Waals surface area contributed by atoms with Gasteiger partial charge in [-0.2, -0.15) is 0 Å². The zero-order valence-corrected chi connectivity index (χ0v) is 9.58. The average molecular weight is 202 g/mol. The van der Waals surface area contributed by atoms with Crippen molar-refractivity contribution < 1.29 is 4.74 Å². The molecule has 0 aliphatic rings. The van der Waals surface area contributed by atoms with Gasteiger partial charge in [-0.05, 0) is 13.3 Å². The van der Waals surface area contributed by atoms with Crippen molar-refractivity contribution in [1.29, 1.82) is 0 Å². The molecule has 0 rings (SSSR count). The first-order valence-corrected chi connectivity index (χ1v) is 4.90. The quantitative estimate of drug-likeness (QED) is 0.289. The van der Waals surface area contributed by atoms with E-state index in [1.54, 1.807) is 14.2 Å². The number of ether oxygens (including phenoxy) is 1. The fourth-order valence-corrected chi connectivity index (χ4v) is 1.22. The second-order valence-electron chi connectivity index (χ2n) is 3.14. The van der Waals surface area contributed by atoms with Crippen LogP contribution in [0.2, 0.25) is 0 Å². The monoisotopic (exact) mass is 202 g/mol. The number of nitrogens with zero attached hydrogens (tertiary/aromatic N) is 2. The molecule has 0 aliphatic carbocycles. The van der Waals surface area contributed by atoms with Crippen molar-refractivity contribution in [3.63, 3.8) is 0 Å². The molecule has 14 heavy (non-hydrogen) atoms. The highest BCUT2D eigenvalue weighted by molar-refractivity contribution is 5.79. The summed E-state index contributed by atoms with van der Waals surface area (Å²) in [6.45, 7) is 5.74. The van der Waals surface area contributed by atoms with Gasteiger partial charge in [-0.15, -0.1) is 0 Å². The first-order chi connectivity index (χ1) is 6.71. The molecule has 3 N–H and O–H groups in total. The molecule has 0 saturated heterocycles. The van der Waals surface area contributed by atoms with Gasteiger partial charge in [0.05, 0.1) is 6.61 Å². The molecule has 1 unspecified atom stereocenters. The highest BCUT2D eigenvalue weighted by Gasteiger charge is 2.14. The molecule has 0 spiro atoms. The third kappa shape index (κ3) is 3.93. The zero-order chi connectivity index (χ0) is 11.0. The van der Waals surface area contributed by atoms with Crippen molar-refractivity contribution in [3.8, 4) is 0 Å². The van der Waals surface area contributed by atoms with Gasteiger partial charge in [0.1, 0.15) is 0 Å². The van der Waals surface area contributed by atoms with Gasteiger partial charge in [-0.25, -0.2) is 5.84 Å². The molecule has 0 aromatic rings. The molecule has 0 fully saturated rings. The molecular formula is C9H22N4O. The van der Waals surface area contributed by atoms with Gasteiger partial charge in [0, 0.05) is 26.7 Å². The summed E-state index contributed by atoms with van der Waals surface area (Å²) in [5.74, 6) is 6.09. The lowest BCUT2D eigenvalue weighted by atomic mass is 10.2. The van der Waals surface area contributed by atoms with Crippen molar-refractivity contribution in [2.24, 2.45) is 10.8 Å². The lowest BCUT2D eigenvalue weighted by Gasteiger charge is -2.30. The zero-order valence-electron chi connectivity index (χ0n) is 9.58. The van der Waals surface area contributed by atoms with Crippen LogP contribution in [-0.4, -0.2) is 44.2 Å². The van der Waals surface area contributed by atoms with Crippen molar-refractivity contribution in [2.75, 3.05) is 27.3 Å². The van der Waals surface area contributed by atoms with Crippen molar-refractivity contribution in [2.45, 2.75) is 26.3 Å². The number of guanidine groups is 1. The second-order valence-corrected chi connectivity index (χ2v) is 3.14. The standard InChI is InChI=1S/C9H22N4O/c1-5-8(2)13(6-7-14-4)9(11-3)12-10/h8H,5-7,10H2,1-4H3,(H,11,12). The topological polar surface area (TPSA) is 62.9 Å². The number of methoxy groups -OCH3 is 1. The van der Waals surface area contributed by atoms with E-state index in [1.165, 1.54) is 0 Å². The van der Waals surface area contributed by atoms with Gasteiger partial charge in [-0.3, -0.25) is 10.4 Å². The fourth-order valence-electron chi connectivity index (χ4n) is 1.22. The molecule has 0 aromatic heterocycles. The second kappa shape index (κ2) is 7.58. The summed E-state index contributed by atoms with van der Waals surface area (Å²) >= 11 is 0. The van der Waals surface area contributed by atoms with E-state index in [0.717, 1.165) is 13.0 Å². The minimum Gasteiger partial charge on any atom is -0.383 e. The summed E-state index contributed by atoms with van der Waals surface area (Å²) in [4.78, 5) is 6.18. The Morgan fingerprint density at radius 2 is 2.29 bits per heavy atom. The molecule has 0 aromatic carbocycles. The van der Waals surface area contributed by atoms with Gasteiger partial charge < -0.3 is 9.64 Å². The van der Waals surface area contributed by atoms with Crippen LogP contribution in [0.4, 0.5) is 0 Å². The summed E-state index contributed by atoms with van der Waals surface area (Å²) < 4.78 is 5.04. The molecular weight excluding hydrogens is 180 g/mol. The maximum atomic E-state index is 5.39. The number of hydrogen-bond donors (Lipinski definition) is 2. The van der Waals surface area contributed by atoms with Crippen LogP contribution in [0, 0.1) is 0 Å². The summed E-state index contributed by atoms with van der Waals surface area (Å²) in [6, 6.07) is 0.403. The Kier molecular flexibility index (Phi) is 7.14. The number of hydrogen-bond acceptors (Lipinski definition) is 3. The predicted octanol–water partition coefficient (Wildman–Crippen LogP) is 0.182. The van der Waals surface area contributed by atoms with Crippen LogP contribution >= 0.6 is 0 Å². The van der Waals surface area contributed by atoms with Gasteiger partial charge in [0.25, 0.3) is 0 Å². The molecule has 84 valence electrons. The van der Waals surface area contributed by atoms with E-state index in [4.69, 9.17) is 10.6 Å². The van der Waals surface area contributed by atoms with Crippen LogP contribution in [-0.2, 0) is 4.74 Å². The molecule has 5 nitrogen and oxygen atoms in total. The maximum absolute atomic E-state index is 5.39. The normalized spacial score (nSPS) is 13.9. The van der Waals surface area contributed by atoms with Crippen molar-refractivity contribution in [1.82, 2.24) is 10.3 Å². The lowest BCUT2D eigenvalue weighted by molar-refractivity contribution is 0.161. The lowest BCUT2D eigenvalue weighted by Crippen LogP contribution is -2.49. The van der Waals surface area contributed by atoms with E-state index in [2.05, 4.69) is 29.2 Å². The molecule has 0 bridgehead atoms. The Balaban J connectivity index is 4.36. The minimum absolute atomic E-state index is 0.403. The molecule has 5 heteroatoms. The van der Waals surface area contributed by atoms with Gasteiger partial charge in [-0.1, -0.05) is 6.92 Å². The summed E-state index contributed by atoms with van der Waals surface area (Å²) in [5, 5.41) is 0. The highest BCUT2D eigenvalue weighted by atomic mass is 16.5. The number of rotatable bonds is 5. The maximum Gasteiger partial charge on any atom is 0.208 e. The Labute approximate surface area is 86.3 Å². The van der Waals surface area contributed by atoms with E-state index in [0.29, 0.717) is 18.6 Å². The Morgan fingerprint density at radius 3 is 2.64 bits per heavy atom. The third-order valence-corrected chi connectivity index (χ3v) is 2.27.